The average molecular weight is 237 g/mol. The van der Waals surface area contributed by atoms with E-state index in [1.165, 1.54) is 9.75 Å². The van der Waals surface area contributed by atoms with Crippen LogP contribution in [0.15, 0.2) is 12.1 Å². The predicted octanol–water partition coefficient (Wildman–Crippen LogP) is 3.83. The molecular weight excluding hydrogens is 214 g/mol. The smallest absolute Gasteiger partial charge is 0.0302 e. The number of aryl methyl sites for hydroxylation is 1. The van der Waals surface area contributed by atoms with Gasteiger partial charge in [-0.05, 0) is 29.4 Å². The summed E-state index contributed by atoms with van der Waals surface area (Å²) in [4.78, 5) is 2.96. The first kappa shape index (κ1) is 12.1. The first-order valence-electron chi connectivity index (χ1n) is 6.20. The highest BCUT2D eigenvalue weighted by atomic mass is 32.1. The Hall–Kier alpha value is -0.340. The topological polar surface area (TPSA) is 12.0 Å². The molecular formula is C14H23NS. The van der Waals surface area contributed by atoms with Gasteiger partial charge in [-0.15, -0.1) is 11.3 Å². The summed E-state index contributed by atoms with van der Waals surface area (Å²) in [6.45, 7) is 12.7. The molecule has 0 aromatic carbocycles. The van der Waals surface area contributed by atoms with E-state index in [1.807, 2.05) is 11.3 Å². The molecule has 1 saturated carbocycles. The number of nitrogens with one attached hydrogen (secondary N) is 1. The summed E-state index contributed by atoms with van der Waals surface area (Å²) in [6, 6.07) is 5.18. The third-order valence-electron chi connectivity index (χ3n) is 4.57. The Morgan fingerprint density at radius 1 is 1.12 bits per heavy atom. The molecule has 1 nitrogen and oxygen atoms in total. The monoisotopic (exact) mass is 237 g/mol. The van der Waals surface area contributed by atoms with E-state index in [0.717, 1.165) is 13.0 Å². The molecule has 0 atom stereocenters. The van der Waals surface area contributed by atoms with Crippen molar-refractivity contribution in [3.05, 3.63) is 21.9 Å². The molecule has 1 heterocycles. The molecule has 1 N–H and O–H groups in total. The minimum absolute atomic E-state index is 0.442. The summed E-state index contributed by atoms with van der Waals surface area (Å²) in [5.41, 5.74) is 0.885. The van der Waals surface area contributed by atoms with E-state index in [-0.39, 0.29) is 0 Å². The van der Waals surface area contributed by atoms with E-state index in [1.54, 1.807) is 0 Å². The van der Waals surface area contributed by atoms with Gasteiger partial charge < -0.3 is 5.32 Å². The Morgan fingerprint density at radius 3 is 2.12 bits per heavy atom. The van der Waals surface area contributed by atoms with E-state index < -0.39 is 0 Å². The molecule has 0 aliphatic heterocycles. The van der Waals surface area contributed by atoms with Crippen LogP contribution in [-0.4, -0.2) is 6.04 Å². The Morgan fingerprint density at radius 2 is 1.69 bits per heavy atom. The van der Waals surface area contributed by atoms with Crippen molar-refractivity contribution in [2.75, 3.05) is 0 Å². The standard InChI is InChI=1S/C14H23NS/c1-6-10-7-8-11(16-10)9-15-12-13(2,3)14(12,4)5/h7-8,12,15H,6,9H2,1-5H3. The lowest BCUT2D eigenvalue weighted by molar-refractivity contribution is 0.457. The van der Waals surface area contributed by atoms with Crippen molar-refractivity contribution in [3.63, 3.8) is 0 Å². The SMILES string of the molecule is CCc1ccc(CNC2C(C)(C)C2(C)C)s1. The number of hydrogen-bond acceptors (Lipinski definition) is 2. The lowest BCUT2D eigenvalue weighted by Crippen LogP contribution is -2.21. The number of thiophene rings is 1. The molecule has 0 spiro atoms. The van der Waals surface area contributed by atoms with Crippen LogP contribution in [0.25, 0.3) is 0 Å². The van der Waals surface area contributed by atoms with Gasteiger partial charge in [-0.25, -0.2) is 0 Å². The van der Waals surface area contributed by atoms with E-state index in [2.05, 4.69) is 52.1 Å². The predicted molar refractivity (Wildman–Crippen MR) is 71.9 cm³/mol. The highest BCUT2D eigenvalue weighted by Gasteiger charge is 2.64. The lowest BCUT2D eigenvalue weighted by atomic mass is 10.0. The lowest BCUT2D eigenvalue weighted by Gasteiger charge is -2.04. The highest BCUT2D eigenvalue weighted by molar-refractivity contribution is 7.11. The van der Waals surface area contributed by atoms with Gasteiger partial charge >= 0.3 is 0 Å². The van der Waals surface area contributed by atoms with Crippen LogP contribution in [0.2, 0.25) is 0 Å². The molecule has 16 heavy (non-hydrogen) atoms. The zero-order chi connectivity index (χ0) is 12.0. The molecule has 1 aliphatic carbocycles. The normalized spacial score (nSPS) is 22.3. The van der Waals surface area contributed by atoms with Crippen molar-refractivity contribution < 1.29 is 0 Å². The molecule has 0 saturated heterocycles. The summed E-state index contributed by atoms with van der Waals surface area (Å²) in [5, 5.41) is 3.70. The summed E-state index contributed by atoms with van der Waals surface area (Å²) in [5.74, 6) is 0. The third-order valence-corrected chi connectivity index (χ3v) is 5.80. The Balaban J connectivity index is 1.90. The van der Waals surface area contributed by atoms with Crippen LogP contribution in [0.1, 0.15) is 44.4 Å². The van der Waals surface area contributed by atoms with Gasteiger partial charge in [-0.2, -0.15) is 0 Å². The average Bonchev–Trinajstić information content (AvgIpc) is 2.60. The van der Waals surface area contributed by atoms with Gasteiger partial charge in [-0.1, -0.05) is 34.6 Å². The molecule has 1 aromatic heterocycles. The maximum absolute atomic E-state index is 3.70. The molecule has 0 bridgehead atoms. The third kappa shape index (κ3) is 1.82. The first-order valence-corrected chi connectivity index (χ1v) is 7.02. The second kappa shape index (κ2) is 3.85. The Bertz CT molecular complexity index is 362. The largest absolute Gasteiger partial charge is 0.308 e. The van der Waals surface area contributed by atoms with E-state index >= 15 is 0 Å². The fourth-order valence-electron chi connectivity index (χ4n) is 2.62. The zero-order valence-corrected chi connectivity index (χ0v) is 11.9. The van der Waals surface area contributed by atoms with Crippen LogP contribution < -0.4 is 5.32 Å². The van der Waals surface area contributed by atoms with Gasteiger partial charge in [0.05, 0.1) is 0 Å². The van der Waals surface area contributed by atoms with Crippen LogP contribution in [0.3, 0.4) is 0 Å². The summed E-state index contributed by atoms with van der Waals surface area (Å²) < 4.78 is 0. The molecule has 1 aromatic rings. The van der Waals surface area contributed by atoms with Gasteiger partial charge in [0.2, 0.25) is 0 Å². The maximum Gasteiger partial charge on any atom is 0.0302 e. The van der Waals surface area contributed by atoms with Crippen molar-refractivity contribution in [3.8, 4) is 0 Å². The summed E-state index contributed by atoms with van der Waals surface area (Å²) >= 11 is 1.94. The molecule has 0 amide bonds. The quantitative estimate of drug-likeness (QED) is 0.839. The van der Waals surface area contributed by atoms with E-state index in [0.29, 0.717) is 16.9 Å². The Labute approximate surface area is 103 Å². The molecule has 0 unspecified atom stereocenters. The van der Waals surface area contributed by atoms with Crippen LogP contribution in [-0.2, 0) is 13.0 Å². The first-order chi connectivity index (χ1) is 7.39. The van der Waals surface area contributed by atoms with Crippen molar-refractivity contribution in [1.29, 1.82) is 0 Å². The summed E-state index contributed by atoms with van der Waals surface area (Å²) in [7, 11) is 0. The maximum atomic E-state index is 3.70. The van der Waals surface area contributed by atoms with E-state index in [4.69, 9.17) is 0 Å². The Kier molecular flexibility index (Phi) is 2.92. The second-order valence-corrected chi connectivity index (χ2v) is 7.23. The highest BCUT2D eigenvalue weighted by Crippen LogP contribution is 2.62. The fourth-order valence-corrected chi connectivity index (χ4v) is 3.53. The molecule has 2 heteroatoms. The molecule has 1 fully saturated rings. The molecule has 0 radical (unpaired) electrons. The van der Waals surface area contributed by atoms with Gasteiger partial charge in [0.15, 0.2) is 0 Å². The second-order valence-electron chi connectivity index (χ2n) is 5.98. The van der Waals surface area contributed by atoms with E-state index in [9.17, 15) is 0 Å². The van der Waals surface area contributed by atoms with Gasteiger partial charge in [0.25, 0.3) is 0 Å². The number of hydrogen-bond donors (Lipinski definition) is 1. The minimum Gasteiger partial charge on any atom is -0.308 e. The van der Waals surface area contributed by atoms with Crippen LogP contribution >= 0.6 is 11.3 Å². The molecule has 2 rings (SSSR count). The van der Waals surface area contributed by atoms with Crippen molar-refractivity contribution in [2.45, 2.75) is 53.6 Å². The van der Waals surface area contributed by atoms with Crippen molar-refractivity contribution in [2.24, 2.45) is 10.8 Å². The van der Waals surface area contributed by atoms with Crippen molar-refractivity contribution >= 4 is 11.3 Å². The van der Waals surface area contributed by atoms with Crippen LogP contribution in [0.4, 0.5) is 0 Å². The fraction of sp³-hybridized carbons (Fsp3) is 0.714. The van der Waals surface area contributed by atoms with Gasteiger partial charge in [0, 0.05) is 22.3 Å². The number of rotatable bonds is 4. The van der Waals surface area contributed by atoms with Crippen molar-refractivity contribution in [1.82, 2.24) is 5.32 Å². The summed E-state index contributed by atoms with van der Waals surface area (Å²) in [6.07, 6.45) is 1.16. The van der Waals surface area contributed by atoms with Crippen LogP contribution in [0.5, 0.6) is 0 Å². The van der Waals surface area contributed by atoms with Gasteiger partial charge in [-0.3, -0.25) is 0 Å². The zero-order valence-electron chi connectivity index (χ0n) is 11.1. The van der Waals surface area contributed by atoms with Crippen LogP contribution in [0, 0.1) is 10.8 Å². The molecule has 1 aliphatic rings. The molecule has 90 valence electrons. The minimum atomic E-state index is 0.442. The van der Waals surface area contributed by atoms with Gasteiger partial charge in [0.1, 0.15) is 0 Å².